The first-order chi connectivity index (χ1) is 8.16. The minimum atomic E-state index is -0.716. The van der Waals surface area contributed by atoms with E-state index in [2.05, 4.69) is 0 Å². The molecular weight excluding hydrogens is 222 g/mol. The van der Waals surface area contributed by atoms with Crippen LogP contribution in [0.5, 0.6) is 0 Å². The van der Waals surface area contributed by atoms with Crippen LogP contribution in [-0.4, -0.2) is 22.2 Å². The zero-order valence-corrected chi connectivity index (χ0v) is 10.3. The highest BCUT2D eigenvalue weighted by Crippen LogP contribution is 2.10. The average molecular weight is 245 g/mol. The normalized spacial score (nSPS) is 10.2. The van der Waals surface area contributed by atoms with Crippen molar-refractivity contribution in [2.75, 3.05) is 0 Å². The molecule has 17 heavy (non-hydrogen) atoms. The highest BCUT2D eigenvalue weighted by atomic mass is 16.5. The van der Waals surface area contributed by atoms with Crippen molar-refractivity contribution in [1.82, 2.24) is 5.48 Å². The Hall–Kier alpha value is -1.10. The fourth-order valence-electron chi connectivity index (χ4n) is 1.68. The number of carboxylic acid groups (broad SMARTS) is 1. The molecule has 0 unspecified atom stereocenters. The van der Waals surface area contributed by atoms with Crippen LogP contribution in [-0.2, 0) is 9.59 Å². The van der Waals surface area contributed by atoms with Crippen LogP contribution in [0.2, 0.25) is 0 Å². The molecule has 0 atom stereocenters. The van der Waals surface area contributed by atoms with Crippen molar-refractivity contribution in [2.24, 2.45) is 0 Å². The number of carbonyl (C=O) groups excluding carboxylic acids is 1. The van der Waals surface area contributed by atoms with Crippen LogP contribution in [0.3, 0.4) is 0 Å². The molecule has 0 bridgehead atoms. The zero-order valence-electron chi connectivity index (χ0n) is 10.3. The molecule has 0 radical (unpaired) electrons. The van der Waals surface area contributed by atoms with Gasteiger partial charge in [0.15, 0.2) is 0 Å². The van der Waals surface area contributed by atoms with Crippen LogP contribution in [0.4, 0.5) is 0 Å². The lowest BCUT2D eigenvalue weighted by molar-refractivity contribution is -0.137. The van der Waals surface area contributed by atoms with Crippen molar-refractivity contribution in [3.63, 3.8) is 0 Å². The Labute approximate surface area is 102 Å². The maximum Gasteiger partial charge on any atom is 0.303 e. The summed E-state index contributed by atoms with van der Waals surface area (Å²) in [6, 6.07) is 0. The number of unbranched alkanes of at least 4 members (excludes halogenated alkanes) is 7. The number of nitrogens with one attached hydrogen (secondary N) is 1. The van der Waals surface area contributed by atoms with Gasteiger partial charge in [0.2, 0.25) is 5.91 Å². The molecule has 0 aromatic heterocycles. The first-order valence-corrected chi connectivity index (χ1v) is 6.31. The van der Waals surface area contributed by atoms with Gasteiger partial charge in [-0.1, -0.05) is 38.5 Å². The third-order valence-electron chi connectivity index (χ3n) is 2.67. The predicted molar refractivity (Wildman–Crippen MR) is 63.7 cm³/mol. The van der Waals surface area contributed by atoms with Crippen molar-refractivity contribution < 1.29 is 19.9 Å². The van der Waals surface area contributed by atoms with Crippen LogP contribution in [0.15, 0.2) is 0 Å². The Bertz CT molecular complexity index is 219. The molecule has 0 aromatic carbocycles. The second kappa shape index (κ2) is 11.4. The lowest BCUT2D eigenvalue weighted by Crippen LogP contribution is -2.17. The lowest BCUT2D eigenvalue weighted by atomic mass is 10.1. The summed E-state index contributed by atoms with van der Waals surface area (Å²) in [5.41, 5.74) is 1.61. The first kappa shape index (κ1) is 15.9. The summed E-state index contributed by atoms with van der Waals surface area (Å²) in [6.07, 6.45) is 8.67. The van der Waals surface area contributed by atoms with Gasteiger partial charge in [-0.15, -0.1) is 0 Å². The van der Waals surface area contributed by atoms with Crippen LogP contribution in [0.25, 0.3) is 0 Å². The van der Waals surface area contributed by atoms with Gasteiger partial charge in [0.25, 0.3) is 0 Å². The van der Waals surface area contributed by atoms with E-state index in [9.17, 15) is 9.59 Å². The SMILES string of the molecule is O=C(O)CCCCCCCCCCC(=O)NO. The molecule has 0 spiro atoms. The van der Waals surface area contributed by atoms with Gasteiger partial charge >= 0.3 is 5.97 Å². The van der Waals surface area contributed by atoms with E-state index in [0.29, 0.717) is 6.42 Å². The van der Waals surface area contributed by atoms with Crippen LogP contribution in [0.1, 0.15) is 64.2 Å². The van der Waals surface area contributed by atoms with Gasteiger partial charge in [0.05, 0.1) is 0 Å². The van der Waals surface area contributed by atoms with Gasteiger partial charge in [0.1, 0.15) is 0 Å². The Morgan fingerprint density at radius 2 is 1.18 bits per heavy atom. The van der Waals surface area contributed by atoms with Gasteiger partial charge in [0, 0.05) is 12.8 Å². The van der Waals surface area contributed by atoms with Crippen molar-refractivity contribution in [3.8, 4) is 0 Å². The molecule has 5 nitrogen and oxygen atoms in total. The quantitative estimate of drug-likeness (QED) is 0.296. The van der Waals surface area contributed by atoms with E-state index in [-0.39, 0.29) is 12.3 Å². The molecule has 100 valence electrons. The molecule has 0 aliphatic heterocycles. The molecule has 0 aromatic rings. The molecule has 3 N–H and O–H groups in total. The summed E-state index contributed by atoms with van der Waals surface area (Å²) in [5.74, 6) is -1.04. The van der Waals surface area contributed by atoms with Crippen molar-refractivity contribution in [1.29, 1.82) is 0 Å². The monoisotopic (exact) mass is 245 g/mol. The van der Waals surface area contributed by atoms with Gasteiger partial charge in [-0.3, -0.25) is 14.8 Å². The van der Waals surface area contributed by atoms with E-state index in [1.807, 2.05) is 0 Å². The van der Waals surface area contributed by atoms with Crippen LogP contribution >= 0.6 is 0 Å². The molecular formula is C12H23NO4. The summed E-state index contributed by atoms with van der Waals surface area (Å²) in [4.78, 5) is 20.9. The Morgan fingerprint density at radius 3 is 1.59 bits per heavy atom. The number of aliphatic carboxylic acids is 1. The maximum atomic E-state index is 10.7. The first-order valence-electron chi connectivity index (χ1n) is 6.31. The van der Waals surface area contributed by atoms with E-state index < -0.39 is 5.97 Å². The summed E-state index contributed by atoms with van der Waals surface area (Å²) in [5, 5.41) is 16.7. The third-order valence-corrected chi connectivity index (χ3v) is 2.67. The highest BCUT2D eigenvalue weighted by Gasteiger charge is 1.99. The number of carboxylic acids is 1. The Morgan fingerprint density at radius 1 is 0.765 bits per heavy atom. The fraction of sp³-hybridized carbons (Fsp3) is 0.833. The van der Waals surface area contributed by atoms with Gasteiger partial charge in [-0.05, 0) is 12.8 Å². The molecule has 0 aliphatic rings. The van der Waals surface area contributed by atoms with Crippen LogP contribution < -0.4 is 5.48 Å². The number of hydrogen-bond acceptors (Lipinski definition) is 3. The van der Waals surface area contributed by atoms with Gasteiger partial charge < -0.3 is 5.11 Å². The van der Waals surface area contributed by atoms with E-state index in [1.54, 1.807) is 5.48 Å². The topological polar surface area (TPSA) is 86.6 Å². The molecule has 0 fully saturated rings. The van der Waals surface area contributed by atoms with Crippen molar-refractivity contribution >= 4 is 11.9 Å². The van der Waals surface area contributed by atoms with Gasteiger partial charge in [-0.25, -0.2) is 5.48 Å². The fourth-order valence-corrected chi connectivity index (χ4v) is 1.68. The maximum absolute atomic E-state index is 10.7. The standard InChI is InChI=1S/C12H23NO4/c14-11(13-17)9-7-5-3-1-2-4-6-8-10-12(15)16/h17H,1-10H2,(H,13,14)(H,15,16). The summed E-state index contributed by atoms with van der Waals surface area (Å²) in [7, 11) is 0. The lowest BCUT2D eigenvalue weighted by Gasteiger charge is -2.01. The third kappa shape index (κ3) is 12.8. The summed E-state index contributed by atoms with van der Waals surface area (Å²) < 4.78 is 0. The molecule has 0 rings (SSSR count). The number of hydroxylamine groups is 1. The number of hydrogen-bond donors (Lipinski definition) is 3. The van der Waals surface area contributed by atoms with Crippen LogP contribution in [0, 0.1) is 0 Å². The molecule has 0 heterocycles. The van der Waals surface area contributed by atoms with E-state index >= 15 is 0 Å². The average Bonchev–Trinajstić information content (AvgIpc) is 2.30. The van der Waals surface area contributed by atoms with Crippen molar-refractivity contribution in [2.45, 2.75) is 64.2 Å². The second-order valence-corrected chi connectivity index (χ2v) is 4.26. The van der Waals surface area contributed by atoms with E-state index in [1.165, 1.54) is 0 Å². The van der Waals surface area contributed by atoms with E-state index in [0.717, 1.165) is 51.4 Å². The van der Waals surface area contributed by atoms with Gasteiger partial charge in [-0.2, -0.15) is 0 Å². The molecule has 5 heteroatoms. The highest BCUT2D eigenvalue weighted by molar-refractivity contribution is 5.74. The van der Waals surface area contributed by atoms with E-state index in [4.69, 9.17) is 10.3 Å². The summed E-state index contributed by atoms with van der Waals surface area (Å²) in [6.45, 7) is 0. The second-order valence-electron chi connectivity index (χ2n) is 4.26. The minimum absolute atomic E-state index is 0.274. The molecule has 0 aliphatic carbocycles. The minimum Gasteiger partial charge on any atom is -0.481 e. The largest absolute Gasteiger partial charge is 0.481 e. The summed E-state index contributed by atoms with van der Waals surface area (Å²) >= 11 is 0. The smallest absolute Gasteiger partial charge is 0.303 e. The molecule has 1 amide bonds. The molecule has 0 saturated heterocycles. The predicted octanol–water partition coefficient (Wildman–Crippen LogP) is 2.48. The Balaban J connectivity index is 3.03. The Kier molecular flexibility index (Phi) is 10.7. The number of amides is 1. The van der Waals surface area contributed by atoms with Crippen molar-refractivity contribution in [3.05, 3.63) is 0 Å². The molecule has 0 saturated carbocycles. The number of rotatable bonds is 11. The zero-order chi connectivity index (χ0) is 12.9. The number of carbonyl (C=O) groups is 2.